The van der Waals surface area contributed by atoms with Gasteiger partial charge in [0.1, 0.15) is 5.75 Å². The zero-order valence-electron chi connectivity index (χ0n) is 8.79. The van der Waals surface area contributed by atoms with Gasteiger partial charge in [0.2, 0.25) is 0 Å². The Labute approximate surface area is 97.8 Å². The van der Waals surface area contributed by atoms with E-state index in [1.54, 1.807) is 0 Å². The summed E-state index contributed by atoms with van der Waals surface area (Å²) >= 11 is 3.42. The lowest BCUT2D eigenvalue weighted by molar-refractivity contribution is -0.128. The number of Topliss-reactive ketones (excluding diaryl/α,β-unsaturated/α-hetero) is 1. The van der Waals surface area contributed by atoms with Crippen molar-refractivity contribution in [3.05, 3.63) is 28.2 Å². The molecule has 2 rings (SSSR count). The van der Waals surface area contributed by atoms with Gasteiger partial charge in [0, 0.05) is 12.3 Å². The number of ketones is 1. The number of benzene rings is 1. The maximum absolute atomic E-state index is 11.8. The maximum atomic E-state index is 11.8. The number of rotatable bonds is 2. The van der Waals surface area contributed by atoms with E-state index in [4.69, 9.17) is 4.74 Å². The lowest BCUT2D eigenvalue weighted by atomic mass is 10.0. The van der Waals surface area contributed by atoms with Crippen molar-refractivity contribution in [3.8, 4) is 5.75 Å². The molecule has 0 spiro atoms. The number of ether oxygens (including phenoxy) is 1. The number of hydrogen-bond donors (Lipinski definition) is 0. The molecular formula is C12H13BrO2. The number of carbonyl (C=O) groups excluding carboxylic acids is 1. The summed E-state index contributed by atoms with van der Waals surface area (Å²) in [6, 6.07) is 5.91. The molecule has 1 aliphatic rings. The molecule has 0 radical (unpaired) electrons. The fraction of sp³-hybridized carbons (Fsp3) is 0.417. The Morgan fingerprint density at radius 2 is 2.27 bits per heavy atom. The highest BCUT2D eigenvalue weighted by molar-refractivity contribution is 9.10. The molecule has 0 saturated heterocycles. The van der Waals surface area contributed by atoms with Crippen molar-refractivity contribution in [3.63, 3.8) is 0 Å². The van der Waals surface area contributed by atoms with Crippen LogP contribution in [-0.4, -0.2) is 11.9 Å². The molecule has 3 heteroatoms. The minimum absolute atomic E-state index is 0.0306. The quantitative estimate of drug-likeness (QED) is 0.825. The van der Waals surface area contributed by atoms with Gasteiger partial charge < -0.3 is 4.74 Å². The lowest BCUT2D eigenvalue weighted by Gasteiger charge is -2.11. The van der Waals surface area contributed by atoms with Gasteiger partial charge in [-0.3, -0.25) is 4.79 Å². The zero-order valence-corrected chi connectivity index (χ0v) is 10.4. The Bertz CT molecular complexity index is 399. The smallest absolute Gasteiger partial charge is 0.176 e. The van der Waals surface area contributed by atoms with Crippen molar-refractivity contribution in [2.24, 2.45) is 5.92 Å². The van der Waals surface area contributed by atoms with E-state index in [2.05, 4.69) is 15.9 Å². The average molecular weight is 269 g/mol. The van der Waals surface area contributed by atoms with E-state index in [9.17, 15) is 4.79 Å². The normalized spacial score (nSPS) is 18.8. The summed E-state index contributed by atoms with van der Waals surface area (Å²) in [5.41, 5.74) is 1.11. The number of hydrogen-bond acceptors (Lipinski definition) is 2. The van der Waals surface area contributed by atoms with E-state index in [1.807, 2.05) is 32.0 Å². The molecular weight excluding hydrogens is 256 g/mol. The molecule has 0 saturated carbocycles. The summed E-state index contributed by atoms with van der Waals surface area (Å²) in [6.07, 6.45) is 0.407. The van der Waals surface area contributed by atoms with Crippen molar-refractivity contribution in [2.45, 2.75) is 26.4 Å². The zero-order chi connectivity index (χ0) is 11.0. The minimum atomic E-state index is -0.293. The van der Waals surface area contributed by atoms with Crippen LogP contribution in [0.25, 0.3) is 0 Å². The Kier molecular flexibility index (Phi) is 2.83. The highest BCUT2D eigenvalue weighted by Gasteiger charge is 2.31. The summed E-state index contributed by atoms with van der Waals surface area (Å²) in [5.74, 6) is 1.04. The van der Waals surface area contributed by atoms with Gasteiger partial charge in [-0.2, -0.15) is 0 Å². The molecule has 0 aliphatic carbocycles. The fourth-order valence-corrected chi connectivity index (χ4v) is 2.26. The standard InChI is InChI=1S/C12H13BrO2/c1-7(2)11(14)10-6-8-4-3-5-9(13)12(8)15-10/h3-5,7,10H,6H2,1-2H3. The van der Waals surface area contributed by atoms with Gasteiger partial charge >= 0.3 is 0 Å². The molecule has 1 unspecified atom stereocenters. The molecule has 0 N–H and O–H groups in total. The van der Waals surface area contributed by atoms with Gasteiger partial charge in [-0.1, -0.05) is 26.0 Å². The highest BCUT2D eigenvalue weighted by atomic mass is 79.9. The van der Waals surface area contributed by atoms with Gasteiger partial charge in [-0.05, 0) is 27.6 Å². The average Bonchev–Trinajstić information content (AvgIpc) is 2.61. The predicted octanol–water partition coefficient (Wildman–Crippen LogP) is 2.98. The fourth-order valence-electron chi connectivity index (χ4n) is 1.76. The number of carbonyl (C=O) groups is 1. The predicted molar refractivity (Wildman–Crippen MR) is 62.1 cm³/mol. The van der Waals surface area contributed by atoms with Gasteiger partial charge in [0.05, 0.1) is 4.47 Å². The minimum Gasteiger partial charge on any atom is -0.481 e. The Balaban J connectivity index is 2.23. The second-order valence-corrected chi connectivity index (χ2v) is 4.95. The van der Waals surface area contributed by atoms with E-state index >= 15 is 0 Å². The second kappa shape index (κ2) is 3.97. The van der Waals surface area contributed by atoms with Crippen LogP contribution in [0.15, 0.2) is 22.7 Å². The highest BCUT2D eigenvalue weighted by Crippen LogP contribution is 2.36. The van der Waals surface area contributed by atoms with Crippen LogP contribution in [-0.2, 0) is 11.2 Å². The first-order valence-corrected chi connectivity index (χ1v) is 5.86. The maximum Gasteiger partial charge on any atom is 0.176 e. The Morgan fingerprint density at radius 1 is 1.53 bits per heavy atom. The summed E-state index contributed by atoms with van der Waals surface area (Å²) < 4.78 is 6.59. The number of fused-ring (bicyclic) bond motifs is 1. The molecule has 1 aromatic carbocycles. The summed E-state index contributed by atoms with van der Waals surface area (Å²) in [6.45, 7) is 3.81. The van der Waals surface area contributed by atoms with Crippen LogP contribution in [0.4, 0.5) is 0 Å². The largest absolute Gasteiger partial charge is 0.481 e. The van der Waals surface area contributed by atoms with Crippen LogP contribution in [0, 0.1) is 5.92 Å². The summed E-state index contributed by atoms with van der Waals surface area (Å²) in [7, 11) is 0. The molecule has 1 aromatic rings. The van der Waals surface area contributed by atoms with Crippen molar-refractivity contribution in [1.82, 2.24) is 0 Å². The Hall–Kier alpha value is -0.830. The van der Waals surface area contributed by atoms with Gasteiger partial charge in [0.25, 0.3) is 0 Å². The van der Waals surface area contributed by atoms with Crippen LogP contribution in [0.1, 0.15) is 19.4 Å². The van der Waals surface area contributed by atoms with Crippen LogP contribution in [0.5, 0.6) is 5.75 Å². The van der Waals surface area contributed by atoms with Gasteiger partial charge in [-0.25, -0.2) is 0 Å². The molecule has 0 aromatic heterocycles. The molecule has 1 heterocycles. The molecule has 80 valence electrons. The topological polar surface area (TPSA) is 26.3 Å². The van der Waals surface area contributed by atoms with Crippen molar-refractivity contribution < 1.29 is 9.53 Å². The summed E-state index contributed by atoms with van der Waals surface area (Å²) in [5, 5.41) is 0. The van der Waals surface area contributed by atoms with Crippen molar-refractivity contribution in [1.29, 1.82) is 0 Å². The molecule has 1 atom stereocenters. The van der Waals surface area contributed by atoms with Crippen LogP contribution in [0.3, 0.4) is 0 Å². The second-order valence-electron chi connectivity index (χ2n) is 4.10. The van der Waals surface area contributed by atoms with E-state index < -0.39 is 0 Å². The van der Waals surface area contributed by atoms with Crippen molar-refractivity contribution in [2.75, 3.05) is 0 Å². The van der Waals surface area contributed by atoms with Crippen LogP contribution >= 0.6 is 15.9 Å². The SMILES string of the molecule is CC(C)C(=O)C1Cc2cccc(Br)c2O1. The molecule has 0 fully saturated rings. The third kappa shape index (κ3) is 1.93. The van der Waals surface area contributed by atoms with Gasteiger partial charge in [0.15, 0.2) is 11.9 Å². The molecule has 0 bridgehead atoms. The first kappa shape index (κ1) is 10.7. The first-order chi connectivity index (χ1) is 7.09. The monoisotopic (exact) mass is 268 g/mol. The van der Waals surface area contributed by atoms with E-state index in [0.717, 1.165) is 15.8 Å². The van der Waals surface area contributed by atoms with E-state index in [1.165, 1.54) is 0 Å². The Morgan fingerprint density at radius 3 is 2.87 bits per heavy atom. The van der Waals surface area contributed by atoms with E-state index in [-0.39, 0.29) is 17.8 Å². The number of para-hydroxylation sites is 1. The molecule has 2 nitrogen and oxygen atoms in total. The van der Waals surface area contributed by atoms with Crippen molar-refractivity contribution >= 4 is 21.7 Å². The van der Waals surface area contributed by atoms with Crippen LogP contribution < -0.4 is 4.74 Å². The lowest BCUT2D eigenvalue weighted by Crippen LogP contribution is -2.29. The summed E-state index contributed by atoms with van der Waals surface area (Å²) in [4.78, 5) is 11.8. The first-order valence-electron chi connectivity index (χ1n) is 5.07. The third-order valence-corrected chi connectivity index (χ3v) is 3.22. The third-order valence-electron chi connectivity index (χ3n) is 2.60. The molecule has 15 heavy (non-hydrogen) atoms. The molecule has 1 aliphatic heterocycles. The van der Waals surface area contributed by atoms with Gasteiger partial charge in [-0.15, -0.1) is 0 Å². The van der Waals surface area contributed by atoms with E-state index in [0.29, 0.717) is 6.42 Å². The number of halogens is 1. The van der Waals surface area contributed by atoms with Crippen LogP contribution in [0.2, 0.25) is 0 Å². The molecule has 0 amide bonds.